The van der Waals surface area contributed by atoms with Crippen LogP contribution in [0.5, 0.6) is 0 Å². The van der Waals surface area contributed by atoms with Crippen LogP contribution in [0.15, 0.2) is 42.5 Å². The van der Waals surface area contributed by atoms with E-state index < -0.39 is 17.6 Å². The van der Waals surface area contributed by atoms with Gasteiger partial charge in [0.1, 0.15) is 5.82 Å². The molecule has 6 heteroatoms. The predicted octanol–water partition coefficient (Wildman–Crippen LogP) is 3.62. The quantitative estimate of drug-likeness (QED) is 0.849. The molecule has 2 amide bonds. The highest BCUT2D eigenvalue weighted by atomic mass is 35.5. The van der Waals surface area contributed by atoms with Crippen molar-refractivity contribution in [2.45, 2.75) is 13.3 Å². The second-order valence-electron chi connectivity index (χ2n) is 4.55. The number of aryl methyl sites for hydroxylation is 1. The summed E-state index contributed by atoms with van der Waals surface area (Å²) < 4.78 is 13.0. The normalized spacial score (nSPS) is 10.1. The van der Waals surface area contributed by atoms with Crippen LogP contribution in [-0.2, 0) is 16.0 Å². The summed E-state index contributed by atoms with van der Waals surface area (Å²) in [4.78, 5) is 23.8. The third kappa shape index (κ3) is 3.83. The maximum Gasteiger partial charge on any atom is 0.314 e. The first-order valence-corrected chi connectivity index (χ1v) is 7.04. The van der Waals surface area contributed by atoms with E-state index in [0.29, 0.717) is 5.69 Å². The van der Waals surface area contributed by atoms with Crippen LogP contribution in [0.25, 0.3) is 0 Å². The molecule has 0 bridgehead atoms. The van der Waals surface area contributed by atoms with Crippen LogP contribution in [0.1, 0.15) is 12.5 Å². The van der Waals surface area contributed by atoms with Gasteiger partial charge >= 0.3 is 11.8 Å². The molecule has 0 aliphatic heterocycles. The molecule has 0 heterocycles. The van der Waals surface area contributed by atoms with Gasteiger partial charge in [0.15, 0.2) is 0 Å². The third-order valence-electron chi connectivity index (χ3n) is 3.03. The number of halogens is 2. The molecule has 0 radical (unpaired) electrons. The van der Waals surface area contributed by atoms with Gasteiger partial charge in [0, 0.05) is 11.4 Å². The van der Waals surface area contributed by atoms with E-state index in [-0.39, 0.29) is 10.7 Å². The lowest BCUT2D eigenvalue weighted by atomic mass is 10.1. The maximum absolute atomic E-state index is 13.0. The number of rotatable bonds is 3. The molecule has 0 aromatic heterocycles. The summed E-state index contributed by atoms with van der Waals surface area (Å²) in [6.07, 6.45) is 0.728. The topological polar surface area (TPSA) is 58.2 Å². The Morgan fingerprint density at radius 3 is 2.45 bits per heavy atom. The Bertz CT molecular complexity index is 719. The van der Waals surface area contributed by atoms with E-state index in [1.165, 1.54) is 12.1 Å². The molecule has 0 atom stereocenters. The summed E-state index contributed by atoms with van der Waals surface area (Å²) in [7, 11) is 0. The Morgan fingerprint density at radius 1 is 1.09 bits per heavy atom. The first-order valence-electron chi connectivity index (χ1n) is 6.66. The first-order chi connectivity index (χ1) is 10.5. The van der Waals surface area contributed by atoms with Crippen LogP contribution in [0.4, 0.5) is 15.8 Å². The molecule has 2 aromatic rings. The van der Waals surface area contributed by atoms with Gasteiger partial charge in [-0.3, -0.25) is 9.59 Å². The van der Waals surface area contributed by atoms with Gasteiger partial charge < -0.3 is 10.6 Å². The van der Waals surface area contributed by atoms with E-state index in [0.717, 1.165) is 18.1 Å². The lowest BCUT2D eigenvalue weighted by Gasteiger charge is -2.10. The minimum Gasteiger partial charge on any atom is -0.318 e. The minimum atomic E-state index is -0.853. The smallest absolute Gasteiger partial charge is 0.314 e. The molecule has 0 aliphatic carbocycles. The van der Waals surface area contributed by atoms with Crippen LogP contribution < -0.4 is 10.6 Å². The van der Waals surface area contributed by atoms with Gasteiger partial charge in [-0.25, -0.2) is 4.39 Å². The van der Waals surface area contributed by atoms with Gasteiger partial charge in [0.2, 0.25) is 0 Å². The van der Waals surface area contributed by atoms with Crippen molar-refractivity contribution < 1.29 is 14.0 Å². The van der Waals surface area contributed by atoms with Crippen LogP contribution in [0, 0.1) is 5.82 Å². The molecule has 114 valence electrons. The van der Waals surface area contributed by atoms with Crippen LogP contribution in [0.2, 0.25) is 5.02 Å². The van der Waals surface area contributed by atoms with Crippen LogP contribution in [-0.4, -0.2) is 11.8 Å². The van der Waals surface area contributed by atoms with Crippen molar-refractivity contribution in [1.82, 2.24) is 0 Å². The van der Waals surface area contributed by atoms with Crippen LogP contribution in [0.3, 0.4) is 0 Å². The van der Waals surface area contributed by atoms with Crippen molar-refractivity contribution >= 4 is 34.8 Å². The summed E-state index contributed by atoms with van der Waals surface area (Å²) in [6.45, 7) is 1.95. The first kappa shape index (κ1) is 16.0. The molecule has 0 aliphatic rings. The van der Waals surface area contributed by atoms with Crippen molar-refractivity contribution in [3.63, 3.8) is 0 Å². The van der Waals surface area contributed by atoms with Gasteiger partial charge in [0.25, 0.3) is 0 Å². The lowest BCUT2D eigenvalue weighted by Crippen LogP contribution is -2.29. The summed E-state index contributed by atoms with van der Waals surface area (Å²) in [5.74, 6) is -2.25. The number of carbonyl (C=O) groups is 2. The maximum atomic E-state index is 13.0. The van der Waals surface area contributed by atoms with E-state index >= 15 is 0 Å². The highest BCUT2D eigenvalue weighted by Crippen LogP contribution is 2.19. The number of anilines is 2. The van der Waals surface area contributed by atoms with Gasteiger partial charge in [0.05, 0.1) is 5.02 Å². The third-order valence-corrected chi connectivity index (χ3v) is 3.32. The monoisotopic (exact) mass is 320 g/mol. The average Bonchev–Trinajstić information content (AvgIpc) is 2.51. The number of carbonyl (C=O) groups excluding carboxylic acids is 2. The highest BCUT2D eigenvalue weighted by Gasteiger charge is 2.15. The second-order valence-corrected chi connectivity index (χ2v) is 4.96. The zero-order valence-electron chi connectivity index (χ0n) is 11.8. The van der Waals surface area contributed by atoms with Gasteiger partial charge in [-0.1, -0.05) is 36.7 Å². The number of benzene rings is 2. The summed E-state index contributed by atoms with van der Waals surface area (Å²) >= 11 is 5.62. The zero-order valence-corrected chi connectivity index (χ0v) is 12.6. The van der Waals surface area contributed by atoms with Crippen molar-refractivity contribution in [3.05, 3.63) is 58.9 Å². The van der Waals surface area contributed by atoms with Crippen molar-refractivity contribution in [1.29, 1.82) is 0 Å². The number of para-hydroxylation sites is 1. The molecule has 2 aromatic carbocycles. The Balaban J connectivity index is 2.06. The SMILES string of the molecule is CCc1ccccc1NC(=O)C(=O)Nc1ccc(F)c(Cl)c1. The van der Waals surface area contributed by atoms with Gasteiger partial charge in [-0.2, -0.15) is 0 Å². The molecule has 0 saturated heterocycles. The standard InChI is InChI=1S/C16H14ClFN2O2/c1-2-10-5-3-4-6-14(10)20-16(22)15(21)19-11-7-8-13(18)12(17)9-11/h3-9H,2H2,1H3,(H,19,21)(H,20,22). The zero-order chi connectivity index (χ0) is 16.1. The Hall–Kier alpha value is -2.40. The molecule has 22 heavy (non-hydrogen) atoms. The number of nitrogens with one attached hydrogen (secondary N) is 2. The summed E-state index contributed by atoms with van der Waals surface area (Å²) in [5.41, 5.74) is 1.76. The molecule has 4 nitrogen and oxygen atoms in total. The van der Waals surface area contributed by atoms with E-state index in [1.807, 2.05) is 19.1 Å². The molecule has 0 saturated carbocycles. The van der Waals surface area contributed by atoms with Crippen LogP contribution >= 0.6 is 11.6 Å². The number of hydrogen-bond donors (Lipinski definition) is 2. The fraction of sp³-hybridized carbons (Fsp3) is 0.125. The molecule has 0 fully saturated rings. The van der Waals surface area contributed by atoms with E-state index in [1.54, 1.807) is 12.1 Å². The van der Waals surface area contributed by atoms with Crippen molar-refractivity contribution in [2.24, 2.45) is 0 Å². The highest BCUT2D eigenvalue weighted by molar-refractivity contribution is 6.43. The second kappa shape index (κ2) is 7.04. The van der Waals surface area contributed by atoms with Gasteiger partial charge in [-0.15, -0.1) is 0 Å². The largest absolute Gasteiger partial charge is 0.318 e. The van der Waals surface area contributed by atoms with E-state index in [9.17, 15) is 14.0 Å². The van der Waals surface area contributed by atoms with Crippen molar-refractivity contribution in [3.8, 4) is 0 Å². The Morgan fingerprint density at radius 2 is 1.77 bits per heavy atom. The Labute approximate surface area is 132 Å². The number of amides is 2. The molecule has 0 spiro atoms. The Kier molecular flexibility index (Phi) is 5.12. The van der Waals surface area contributed by atoms with E-state index in [2.05, 4.69) is 10.6 Å². The molecular formula is C16H14ClFN2O2. The molecular weight excluding hydrogens is 307 g/mol. The molecule has 2 rings (SSSR count). The predicted molar refractivity (Wildman–Crippen MR) is 84.5 cm³/mol. The summed E-state index contributed by atoms with van der Waals surface area (Å²) in [5, 5.41) is 4.78. The number of hydrogen-bond acceptors (Lipinski definition) is 2. The van der Waals surface area contributed by atoms with E-state index in [4.69, 9.17) is 11.6 Å². The lowest BCUT2D eigenvalue weighted by molar-refractivity contribution is -0.133. The van der Waals surface area contributed by atoms with Gasteiger partial charge in [-0.05, 0) is 36.2 Å². The minimum absolute atomic E-state index is 0.130. The fourth-order valence-corrected chi connectivity index (χ4v) is 2.07. The fourth-order valence-electron chi connectivity index (χ4n) is 1.89. The molecule has 2 N–H and O–H groups in total. The molecule has 0 unspecified atom stereocenters. The van der Waals surface area contributed by atoms with Crippen molar-refractivity contribution in [2.75, 3.05) is 10.6 Å². The average molecular weight is 321 g/mol. The summed E-state index contributed by atoms with van der Waals surface area (Å²) in [6, 6.07) is 10.9.